The molecule has 0 aliphatic carbocycles. The summed E-state index contributed by atoms with van der Waals surface area (Å²) in [6.45, 7) is 19.9. The summed E-state index contributed by atoms with van der Waals surface area (Å²) in [5.41, 5.74) is 0. The van der Waals surface area contributed by atoms with E-state index in [4.69, 9.17) is 14.9 Å². The van der Waals surface area contributed by atoms with Gasteiger partial charge in [0.1, 0.15) is 13.1 Å². The number of ether oxygens (including phenoxy) is 1. The van der Waals surface area contributed by atoms with E-state index in [0.29, 0.717) is 26.1 Å². The van der Waals surface area contributed by atoms with Crippen LogP contribution in [0.5, 0.6) is 0 Å². The molecule has 260 valence electrons. The first-order valence-electron chi connectivity index (χ1n) is 18.2. The molecular weight excluding hydrogens is 540 g/mol. The molecule has 0 atom stereocenters. The first-order chi connectivity index (χ1) is 20.6. The quantitative estimate of drug-likeness (QED) is 0.0444. The number of quaternary nitrogens is 2. The normalized spacial score (nSPS) is 11.3. The second kappa shape index (κ2) is 33.9. The number of likely N-dealkylation sites (N-methyl/N-ethyl adjacent to an activating group) is 2. The molecule has 0 amide bonds. The van der Waals surface area contributed by atoms with Gasteiger partial charge in [-0.25, -0.2) is 0 Å². The maximum atomic E-state index is 11.6. The van der Waals surface area contributed by atoms with Crippen molar-refractivity contribution < 1.29 is 33.5 Å². The number of hydrogen-bond acceptors (Lipinski definition) is 5. The van der Waals surface area contributed by atoms with Gasteiger partial charge in [-0.05, 0) is 40.5 Å². The summed E-state index contributed by atoms with van der Waals surface area (Å²) in [4.78, 5) is 23.2. The van der Waals surface area contributed by atoms with Crippen molar-refractivity contribution in [3.05, 3.63) is 0 Å². The lowest BCUT2D eigenvalue weighted by Crippen LogP contribution is -2.45. The van der Waals surface area contributed by atoms with Crippen LogP contribution in [-0.4, -0.2) is 97.7 Å². The molecule has 0 radical (unpaired) electrons. The van der Waals surface area contributed by atoms with Crippen molar-refractivity contribution >= 4 is 11.9 Å². The van der Waals surface area contributed by atoms with Crippen LogP contribution < -0.4 is 0 Å². The van der Waals surface area contributed by atoms with Crippen molar-refractivity contribution in [1.29, 1.82) is 0 Å². The van der Waals surface area contributed by atoms with E-state index in [1.807, 2.05) is 0 Å². The van der Waals surface area contributed by atoms with E-state index >= 15 is 0 Å². The summed E-state index contributed by atoms with van der Waals surface area (Å²) in [7, 11) is 4.33. The molecule has 0 saturated heterocycles. The van der Waals surface area contributed by atoms with Crippen LogP contribution in [0.25, 0.3) is 0 Å². The number of rotatable bonds is 26. The highest BCUT2D eigenvalue weighted by Gasteiger charge is 2.14. The Morgan fingerprint density at radius 3 is 0.930 bits per heavy atom. The molecule has 0 aromatic carbocycles. The van der Waals surface area contributed by atoms with Crippen LogP contribution in [0.4, 0.5) is 0 Å². The summed E-state index contributed by atoms with van der Waals surface area (Å²) in [6, 6.07) is 0. The zero-order chi connectivity index (χ0) is 33.2. The molecule has 0 aliphatic rings. The second-order valence-corrected chi connectivity index (χ2v) is 12.7. The van der Waals surface area contributed by atoms with Gasteiger partial charge in [-0.1, -0.05) is 104 Å². The molecule has 0 heterocycles. The molecule has 0 spiro atoms. The van der Waals surface area contributed by atoms with E-state index in [0.717, 1.165) is 73.9 Å². The van der Waals surface area contributed by atoms with E-state index in [9.17, 15) is 9.59 Å². The zero-order valence-corrected chi connectivity index (χ0v) is 30.4. The van der Waals surface area contributed by atoms with Gasteiger partial charge in [0.2, 0.25) is 0 Å². The van der Waals surface area contributed by atoms with E-state index in [-0.39, 0.29) is 11.9 Å². The van der Waals surface area contributed by atoms with Crippen molar-refractivity contribution in [2.75, 3.05) is 66.6 Å². The average molecular weight is 619 g/mol. The molecule has 0 aromatic rings. The van der Waals surface area contributed by atoms with Crippen LogP contribution in [0.3, 0.4) is 0 Å². The molecule has 43 heavy (non-hydrogen) atoms. The highest BCUT2D eigenvalue weighted by molar-refractivity contribution is 5.85. The maximum absolute atomic E-state index is 11.6. The van der Waals surface area contributed by atoms with Gasteiger partial charge < -0.3 is 23.9 Å². The van der Waals surface area contributed by atoms with Gasteiger partial charge in [-0.2, -0.15) is 0 Å². The van der Waals surface area contributed by atoms with Crippen molar-refractivity contribution in [2.24, 2.45) is 0 Å². The number of carbonyl (C=O) groups is 2. The molecule has 2 N–H and O–H groups in total. The van der Waals surface area contributed by atoms with E-state index < -0.39 is 0 Å². The van der Waals surface area contributed by atoms with Gasteiger partial charge in [0.25, 0.3) is 0 Å². The van der Waals surface area contributed by atoms with Crippen LogP contribution in [0.1, 0.15) is 157 Å². The van der Waals surface area contributed by atoms with Gasteiger partial charge in [-0.3, -0.25) is 9.59 Å². The van der Waals surface area contributed by atoms with Crippen molar-refractivity contribution in [3.63, 3.8) is 0 Å². The van der Waals surface area contributed by atoms with Crippen molar-refractivity contribution in [1.82, 2.24) is 0 Å². The molecule has 7 nitrogen and oxygen atoms in total. The Bertz CT molecular complexity index is 572. The van der Waals surface area contributed by atoms with Gasteiger partial charge in [-0.15, -0.1) is 0 Å². The second-order valence-electron chi connectivity index (χ2n) is 12.7. The van der Waals surface area contributed by atoms with Crippen LogP contribution in [0.2, 0.25) is 0 Å². The maximum Gasteiger partial charge on any atom is 0.313 e. The SMILES string of the molecule is CCCCCCCCCCCC(=O)OC(=O)CCCCCCCCC.CC[N+](C)(CC)CCO.CC[N+](C)(CC)CCO. The minimum absolute atomic E-state index is 0.304. The summed E-state index contributed by atoms with van der Waals surface area (Å²) >= 11 is 0. The largest absolute Gasteiger partial charge is 0.393 e. The molecule has 0 aliphatic heterocycles. The third-order valence-electron chi connectivity index (χ3n) is 9.03. The third-order valence-corrected chi connectivity index (χ3v) is 9.03. The van der Waals surface area contributed by atoms with E-state index in [1.165, 1.54) is 77.0 Å². The molecule has 0 fully saturated rings. The monoisotopic (exact) mass is 619 g/mol. The molecule has 0 aromatic heterocycles. The molecular formula is C36H78N2O5+2. The Kier molecular flexibility index (Phi) is 36.5. The number of carbonyl (C=O) groups excluding carboxylic acids is 2. The van der Waals surface area contributed by atoms with Crippen LogP contribution >= 0.6 is 0 Å². The Hall–Kier alpha value is -1.02. The van der Waals surface area contributed by atoms with Gasteiger partial charge in [0.15, 0.2) is 0 Å². The van der Waals surface area contributed by atoms with E-state index in [2.05, 4.69) is 55.6 Å². The third kappa shape index (κ3) is 33.7. The van der Waals surface area contributed by atoms with Gasteiger partial charge in [0.05, 0.1) is 53.5 Å². The number of aliphatic hydroxyl groups excluding tert-OH is 2. The lowest BCUT2D eigenvalue weighted by molar-refractivity contribution is -0.906. The van der Waals surface area contributed by atoms with Crippen molar-refractivity contribution in [3.8, 4) is 0 Å². The summed E-state index contributed by atoms with van der Waals surface area (Å²) in [5, 5.41) is 17.3. The number of aliphatic hydroxyl groups is 2. The molecule has 0 bridgehead atoms. The lowest BCUT2D eigenvalue weighted by atomic mass is 10.1. The summed E-state index contributed by atoms with van der Waals surface area (Å²) in [6.07, 6.45) is 19.9. The first kappa shape index (κ1) is 46.4. The average Bonchev–Trinajstić information content (AvgIpc) is 3.00. The van der Waals surface area contributed by atoms with Crippen LogP contribution in [0, 0.1) is 0 Å². The van der Waals surface area contributed by atoms with Crippen LogP contribution in [-0.2, 0) is 14.3 Å². The van der Waals surface area contributed by atoms with Crippen LogP contribution in [0.15, 0.2) is 0 Å². The first-order valence-corrected chi connectivity index (χ1v) is 18.2. The minimum Gasteiger partial charge on any atom is -0.393 e. The van der Waals surface area contributed by atoms with Gasteiger partial charge >= 0.3 is 11.9 Å². The standard InChI is InChI=1S/C22H42O3.2C7H18NO/c1-3-5-7-9-11-12-14-16-18-20-22(24)25-21(23)19-17-15-13-10-8-6-4-2;2*1-4-8(3,5-2)6-7-9/h3-20H2,1-2H3;2*9H,4-7H2,1-3H3/q;2*+1. The fourth-order valence-corrected chi connectivity index (χ4v) is 4.60. The molecule has 7 heteroatoms. The predicted molar refractivity (Wildman–Crippen MR) is 184 cm³/mol. The van der Waals surface area contributed by atoms with Gasteiger partial charge in [0, 0.05) is 12.8 Å². The Balaban J connectivity index is -0.000000722. The smallest absolute Gasteiger partial charge is 0.313 e. The Labute approximate surface area is 268 Å². The predicted octanol–water partition coefficient (Wildman–Crippen LogP) is 8.05. The number of nitrogens with zero attached hydrogens (tertiary/aromatic N) is 2. The number of hydrogen-bond donors (Lipinski definition) is 2. The highest BCUT2D eigenvalue weighted by atomic mass is 16.6. The molecule has 0 rings (SSSR count). The van der Waals surface area contributed by atoms with E-state index in [1.54, 1.807) is 0 Å². The summed E-state index contributed by atoms with van der Waals surface area (Å²) < 4.78 is 6.85. The lowest BCUT2D eigenvalue weighted by Gasteiger charge is -2.31. The number of esters is 2. The highest BCUT2D eigenvalue weighted by Crippen LogP contribution is 2.12. The Morgan fingerprint density at radius 1 is 0.465 bits per heavy atom. The minimum atomic E-state index is -0.338. The number of unbranched alkanes of at least 4 members (excludes halogenated alkanes) is 14. The fraction of sp³-hybridized carbons (Fsp3) is 0.944. The molecule has 0 saturated carbocycles. The molecule has 0 unspecified atom stereocenters. The Morgan fingerprint density at radius 2 is 0.721 bits per heavy atom. The fourth-order valence-electron chi connectivity index (χ4n) is 4.60. The zero-order valence-electron chi connectivity index (χ0n) is 30.4. The summed E-state index contributed by atoms with van der Waals surface area (Å²) in [5.74, 6) is -0.676. The van der Waals surface area contributed by atoms with Crippen molar-refractivity contribution in [2.45, 2.75) is 157 Å². The topological polar surface area (TPSA) is 83.8 Å².